The topological polar surface area (TPSA) is 93.4 Å². The summed E-state index contributed by atoms with van der Waals surface area (Å²) < 4.78 is 6.13. The molecule has 0 unspecified atom stereocenters. The second-order valence-corrected chi connectivity index (χ2v) is 8.02. The maximum absolute atomic E-state index is 12.6. The first-order valence-electron chi connectivity index (χ1n) is 9.64. The van der Waals surface area contributed by atoms with Gasteiger partial charge in [0, 0.05) is 16.8 Å². The van der Waals surface area contributed by atoms with Crippen LogP contribution in [0.1, 0.15) is 25.6 Å². The lowest BCUT2D eigenvalue weighted by Gasteiger charge is -2.07. The van der Waals surface area contributed by atoms with Gasteiger partial charge in [-0.15, -0.1) is 11.3 Å². The van der Waals surface area contributed by atoms with Crippen LogP contribution in [0.2, 0.25) is 0 Å². The molecule has 2 amide bonds. The maximum Gasteiger partial charge on any atom is 0.265 e. The van der Waals surface area contributed by atoms with Crippen molar-refractivity contribution in [3.63, 3.8) is 0 Å². The predicted molar refractivity (Wildman–Crippen MR) is 125 cm³/mol. The van der Waals surface area contributed by atoms with E-state index in [0.717, 1.165) is 15.6 Å². The molecule has 4 rings (SSSR count). The average molecular weight is 432 g/mol. The van der Waals surface area contributed by atoms with Crippen LogP contribution in [0.3, 0.4) is 0 Å². The molecule has 4 N–H and O–H groups in total. The lowest BCUT2D eigenvalue weighted by molar-refractivity contribution is 0.0949. The van der Waals surface area contributed by atoms with Gasteiger partial charge < -0.3 is 21.1 Å². The first-order valence-corrected chi connectivity index (χ1v) is 10.5. The number of amides is 2. The van der Waals surface area contributed by atoms with Gasteiger partial charge in [0.15, 0.2) is 0 Å². The fraction of sp³-hybridized carbons (Fsp3) is 0.0833. The molecule has 1 aromatic heterocycles. The molecule has 0 atom stereocenters. The van der Waals surface area contributed by atoms with Crippen LogP contribution in [0.4, 0.5) is 11.4 Å². The van der Waals surface area contributed by atoms with E-state index in [1.54, 1.807) is 43.5 Å². The number of hydrogen-bond donors (Lipinski definition) is 3. The van der Waals surface area contributed by atoms with Crippen molar-refractivity contribution in [2.24, 2.45) is 0 Å². The third-order valence-corrected chi connectivity index (χ3v) is 5.90. The summed E-state index contributed by atoms with van der Waals surface area (Å²) in [5.41, 5.74) is 8.50. The molecule has 0 fully saturated rings. The van der Waals surface area contributed by atoms with Gasteiger partial charge in [0.2, 0.25) is 0 Å². The largest absolute Gasteiger partial charge is 0.497 e. The Morgan fingerprint density at radius 2 is 1.81 bits per heavy atom. The fourth-order valence-corrected chi connectivity index (χ4v) is 4.16. The number of benzene rings is 3. The summed E-state index contributed by atoms with van der Waals surface area (Å²) in [6, 6.07) is 21.9. The van der Waals surface area contributed by atoms with Crippen LogP contribution >= 0.6 is 11.3 Å². The SMILES string of the molecule is COc1cccc(C(=O)NCc2ccc3cc(C(=O)Nc4ccccc4N)sc3c2)c1. The van der Waals surface area contributed by atoms with Crippen molar-refractivity contribution in [2.45, 2.75) is 6.54 Å². The van der Waals surface area contributed by atoms with Gasteiger partial charge in [-0.1, -0.05) is 30.3 Å². The minimum absolute atomic E-state index is 0.175. The lowest BCUT2D eigenvalue weighted by Crippen LogP contribution is -2.22. The van der Waals surface area contributed by atoms with Gasteiger partial charge in [-0.3, -0.25) is 9.59 Å². The third-order valence-electron chi connectivity index (χ3n) is 4.80. The fourth-order valence-electron chi connectivity index (χ4n) is 3.14. The quantitative estimate of drug-likeness (QED) is 0.387. The molecule has 0 aliphatic rings. The molecule has 0 saturated carbocycles. The van der Waals surface area contributed by atoms with E-state index < -0.39 is 0 Å². The number of para-hydroxylation sites is 2. The average Bonchev–Trinajstić information content (AvgIpc) is 3.22. The highest BCUT2D eigenvalue weighted by Crippen LogP contribution is 2.28. The van der Waals surface area contributed by atoms with E-state index in [0.29, 0.717) is 34.1 Å². The molecule has 6 nitrogen and oxygen atoms in total. The summed E-state index contributed by atoms with van der Waals surface area (Å²) in [6.07, 6.45) is 0. The minimum atomic E-state index is -0.202. The summed E-state index contributed by atoms with van der Waals surface area (Å²) >= 11 is 1.40. The van der Waals surface area contributed by atoms with E-state index in [2.05, 4.69) is 10.6 Å². The monoisotopic (exact) mass is 431 g/mol. The van der Waals surface area contributed by atoms with E-state index >= 15 is 0 Å². The second kappa shape index (κ2) is 8.89. The molecule has 1 heterocycles. The van der Waals surface area contributed by atoms with Gasteiger partial charge in [0.1, 0.15) is 5.75 Å². The number of rotatable bonds is 6. The predicted octanol–water partition coefficient (Wildman–Crippen LogP) is 4.67. The second-order valence-electron chi connectivity index (χ2n) is 6.94. The zero-order chi connectivity index (χ0) is 21.8. The maximum atomic E-state index is 12.6. The zero-order valence-corrected chi connectivity index (χ0v) is 17.7. The molecule has 4 aromatic rings. The Hall–Kier alpha value is -3.84. The highest BCUT2D eigenvalue weighted by molar-refractivity contribution is 7.20. The van der Waals surface area contributed by atoms with Crippen molar-refractivity contribution in [3.05, 3.63) is 88.8 Å². The van der Waals surface area contributed by atoms with E-state index in [-0.39, 0.29) is 11.8 Å². The number of fused-ring (bicyclic) bond motifs is 1. The number of hydrogen-bond acceptors (Lipinski definition) is 5. The molecular weight excluding hydrogens is 410 g/mol. The molecular formula is C24H21N3O3S. The summed E-state index contributed by atoms with van der Waals surface area (Å²) in [5, 5.41) is 6.74. The van der Waals surface area contributed by atoms with Crippen LogP contribution in [0, 0.1) is 0 Å². The smallest absolute Gasteiger partial charge is 0.265 e. The molecule has 156 valence electrons. The van der Waals surface area contributed by atoms with Crippen LogP contribution in [0.25, 0.3) is 10.1 Å². The van der Waals surface area contributed by atoms with Gasteiger partial charge >= 0.3 is 0 Å². The molecule has 0 aliphatic heterocycles. The first kappa shape index (κ1) is 20.4. The van der Waals surface area contributed by atoms with Crippen molar-refractivity contribution >= 4 is 44.6 Å². The van der Waals surface area contributed by atoms with Crippen molar-refractivity contribution in [2.75, 3.05) is 18.2 Å². The Balaban J connectivity index is 1.45. The van der Waals surface area contributed by atoms with Crippen LogP contribution in [-0.2, 0) is 6.54 Å². The van der Waals surface area contributed by atoms with Crippen LogP contribution < -0.4 is 21.1 Å². The Bertz CT molecular complexity index is 1270. The normalized spacial score (nSPS) is 10.6. The Kier molecular flexibility index (Phi) is 5.86. The zero-order valence-electron chi connectivity index (χ0n) is 16.8. The summed E-state index contributed by atoms with van der Waals surface area (Å²) in [4.78, 5) is 25.6. The Morgan fingerprint density at radius 3 is 2.61 bits per heavy atom. The van der Waals surface area contributed by atoms with Gasteiger partial charge in [-0.2, -0.15) is 0 Å². The highest BCUT2D eigenvalue weighted by Gasteiger charge is 2.13. The number of carbonyl (C=O) groups is 2. The van der Waals surface area contributed by atoms with Crippen LogP contribution in [-0.4, -0.2) is 18.9 Å². The number of ether oxygens (including phenoxy) is 1. The molecule has 0 saturated heterocycles. The van der Waals surface area contributed by atoms with Gasteiger partial charge in [0.25, 0.3) is 11.8 Å². The van der Waals surface area contributed by atoms with Crippen molar-refractivity contribution in [1.29, 1.82) is 0 Å². The number of nitrogens with two attached hydrogens (primary N) is 1. The number of nitrogens with one attached hydrogen (secondary N) is 2. The number of nitrogen functional groups attached to an aromatic ring is 1. The van der Waals surface area contributed by atoms with Gasteiger partial charge in [-0.05, 0) is 53.4 Å². The number of thiophene rings is 1. The summed E-state index contributed by atoms with van der Waals surface area (Å²) in [5.74, 6) is 0.258. The molecule has 0 aliphatic carbocycles. The standard InChI is InChI=1S/C24H21N3O3S/c1-30-18-6-4-5-17(12-18)23(28)26-14-15-9-10-16-13-22(31-21(16)11-15)24(29)27-20-8-3-2-7-19(20)25/h2-13H,14,25H2,1H3,(H,26,28)(H,27,29). The lowest BCUT2D eigenvalue weighted by atomic mass is 10.1. The highest BCUT2D eigenvalue weighted by atomic mass is 32.1. The van der Waals surface area contributed by atoms with Gasteiger partial charge in [-0.25, -0.2) is 0 Å². The summed E-state index contributed by atoms with van der Waals surface area (Å²) in [7, 11) is 1.57. The molecule has 31 heavy (non-hydrogen) atoms. The van der Waals surface area contributed by atoms with E-state index in [9.17, 15) is 9.59 Å². The number of anilines is 2. The number of methoxy groups -OCH3 is 1. The first-order chi connectivity index (χ1) is 15.0. The third kappa shape index (κ3) is 4.67. The van der Waals surface area contributed by atoms with Crippen molar-refractivity contribution in [1.82, 2.24) is 5.32 Å². The van der Waals surface area contributed by atoms with Gasteiger partial charge in [0.05, 0.1) is 23.4 Å². The molecule has 0 spiro atoms. The van der Waals surface area contributed by atoms with Crippen molar-refractivity contribution < 1.29 is 14.3 Å². The van der Waals surface area contributed by atoms with E-state index in [1.165, 1.54) is 11.3 Å². The number of carbonyl (C=O) groups excluding carboxylic acids is 2. The molecule has 0 radical (unpaired) electrons. The van der Waals surface area contributed by atoms with E-state index in [1.807, 2.05) is 36.4 Å². The van der Waals surface area contributed by atoms with Crippen LogP contribution in [0.5, 0.6) is 5.75 Å². The molecule has 0 bridgehead atoms. The summed E-state index contributed by atoms with van der Waals surface area (Å²) in [6.45, 7) is 0.381. The van der Waals surface area contributed by atoms with Crippen molar-refractivity contribution in [3.8, 4) is 5.75 Å². The van der Waals surface area contributed by atoms with E-state index in [4.69, 9.17) is 10.5 Å². The molecule has 3 aromatic carbocycles. The molecule has 7 heteroatoms. The van der Waals surface area contributed by atoms with Crippen LogP contribution in [0.15, 0.2) is 72.8 Å². The Labute approximate surface area is 183 Å². The minimum Gasteiger partial charge on any atom is -0.497 e. The Morgan fingerprint density at radius 1 is 0.968 bits per heavy atom.